The minimum Gasteiger partial charge on any atom is -0.458 e. The van der Waals surface area contributed by atoms with E-state index in [0.717, 1.165) is 38.5 Å². The van der Waals surface area contributed by atoms with E-state index in [9.17, 15) is 9.59 Å². The average molecular weight is 299 g/mol. The zero-order valence-corrected chi connectivity index (χ0v) is 12.6. The zero-order valence-electron chi connectivity index (χ0n) is 12.6. The molecule has 1 aliphatic heterocycles. The van der Waals surface area contributed by atoms with Gasteiger partial charge in [0, 0.05) is 6.04 Å². The van der Waals surface area contributed by atoms with Crippen LogP contribution in [0.1, 0.15) is 43.2 Å². The maximum absolute atomic E-state index is 12.7. The minimum absolute atomic E-state index is 0.00514. The fourth-order valence-electron chi connectivity index (χ4n) is 4.41. The third-order valence-corrected chi connectivity index (χ3v) is 5.49. The van der Waals surface area contributed by atoms with Gasteiger partial charge in [-0.05, 0) is 49.7 Å². The first kappa shape index (κ1) is 13.8. The van der Waals surface area contributed by atoms with E-state index in [4.69, 9.17) is 4.74 Å². The van der Waals surface area contributed by atoms with E-state index in [1.807, 2.05) is 12.1 Å². The molecule has 4 heteroatoms. The number of carbonyl (C=O) groups is 2. The standard InChI is InChI=1S/C18H21NO3/c20-16-11-15(18(22-16)7-3-4-8-18)17(21)19-14-9-12-5-1-2-6-13(12)10-14/h1-2,5-6,14-15H,3-4,7-11H2,(H,19,21). The second-order valence-electron chi connectivity index (χ2n) is 6.89. The number of hydrogen-bond donors (Lipinski definition) is 1. The van der Waals surface area contributed by atoms with Gasteiger partial charge in [0.2, 0.25) is 5.91 Å². The van der Waals surface area contributed by atoms with Crippen LogP contribution in [0.2, 0.25) is 0 Å². The summed E-state index contributed by atoms with van der Waals surface area (Å²) in [6.07, 6.45) is 5.78. The first-order chi connectivity index (χ1) is 10.7. The fraction of sp³-hybridized carbons (Fsp3) is 0.556. The topological polar surface area (TPSA) is 55.4 Å². The lowest BCUT2D eigenvalue weighted by Crippen LogP contribution is -2.46. The van der Waals surface area contributed by atoms with E-state index in [2.05, 4.69) is 17.4 Å². The molecule has 1 N–H and O–H groups in total. The Morgan fingerprint density at radius 1 is 1.09 bits per heavy atom. The highest BCUT2D eigenvalue weighted by Gasteiger charge is 2.54. The van der Waals surface area contributed by atoms with Crippen LogP contribution in [-0.4, -0.2) is 23.5 Å². The number of esters is 1. The summed E-state index contributed by atoms with van der Waals surface area (Å²) in [6.45, 7) is 0. The predicted octanol–water partition coefficient (Wildman–Crippen LogP) is 2.15. The summed E-state index contributed by atoms with van der Waals surface area (Å²) in [4.78, 5) is 24.4. The Morgan fingerprint density at radius 2 is 1.73 bits per heavy atom. The Morgan fingerprint density at radius 3 is 2.36 bits per heavy atom. The van der Waals surface area contributed by atoms with Crippen molar-refractivity contribution in [1.29, 1.82) is 0 Å². The molecule has 0 aromatic heterocycles. The third kappa shape index (κ3) is 2.21. The molecule has 0 radical (unpaired) electrons. The van der Waals surface area contributed by atoms with Gasteiger partial charge >= 0.3 is 5.97 Å². The Hall–Kier alpha value is -1.84. The number of ether oxygens (including phenoxy) is 1. The van der Waals surface area contributed by atoms with E-state index in [-0.39, 0.29) is 30.3 Å². The molecule has 22 heavy (non-hydrogen) atoms. The van der Waals surface area contributed by atoms with E-state index in [1.165, 1.54) is 11.1 Å². The van der Waals surface area contributed by atoms with Gasteiger partial charge < -0.3 is 10.1 Å². The quantitative estimate of drug-likeness (QED) is 0.851. The molecule has 1 atom stereocenters. The Balaban J connectivity index is 1.46. The number of carbonyl (C=O) groups excluding carboxylic acids is 2. The molecule has 1 saturated heterocycles. The van der Waals surface area contributed by atoms with Crippen LogP contribution < -0.4 is 5.32 Å². The third-order valence-electron chi connectivity index (χ3n) is 5.49. The lowest BCUT2D eigenvalue weighted by molar-refractivity contribution is -0.150. The number of amides is 1. The minimum atomic E-state index is -0.507. The summed E-state index contributed by atoms with van der Waals surface area (Å²) in [7, 11) is 0. The summed E-state index contributed by atoms with van der Waals surface area (Å²) in [6, 6.07) is 8.49. The second-order valence-corrected chi connectivity index (χ2v) is 6.89. The summed E-state index contributed by atoms with van der Waals surface area (Å²) >= 11 is 0. The molecule has 1 aromatic rings. The smallest absolute Gasteiger partial charge is 0.307 e. The van der Waals surface area contributed by atoms with Gasteiger partial charge in [0.25, 0.3) is 0 Å². The van der Waals surface area contributed by atoms with E-state index >= 15 is 0 Å². The predicted molar refractivity (Wildman–Crippen MR) is 81.2 cm³/mol. The van der Waals surface area contributed by atoms with Gasteiger partial charge in [0.05, 0.1) is 12.3 Å². The molecule has 4 nitrogen and oxygen atoms in total. The van der Waals surface area contributed by atoms with Gasteiger partial charge in [-0.2, -0.15) is 0 Å². The first-order valence-corrected chi connectivity index (χ1v) is 8.25. The molecule has 1 spiro atoms. The molecule has 116 valence electrons. The monoisotopic (exact) mass is 299 g/mol. The normalized spacial score (nSPS) is 26.2. The fourth-order valence-corrected chi connectivity index (χ4v) is 4.41. The van der Waals surface area contributed by atoms with Crippen LogP contribution in [0.25, 0.3) is 0 Å². The van der Waals surface area contributed by atoms with Gasteiger partial charge in [-0.25, -0.2) is 0 Å². The van der Waals surface area contributed by atoms with E-state index < -0.39 is 5.60 Å². The van der Waals surface area contributed by atoms with Crippen molar-refractivity contribution in [1.82, 2.24) is 5.32 Å². The van der Waals surface area contributed by atoms with Crippen molar-refractivity contribution in [3.8, 4) is 0 Å². The van der Waals surface area contributed by atoms with E-state index in [1.54, 1.807) is 0 Å². The maximum atomic E-state index is 12.7. The van der Waals surface area contributed by atoms with Crippen molar-refractivity contribution in [3.63, 3.8) is 0 Å². The van der Waals surface area contributed by atoms with Crippen LogP contribution in [0.15, 0.2) is 24.3 Å². The van der Waals surface area contributed by atoms with Gasteiger partial charge in [0.1, 0.15) is 5.60 Å². The van der Waals surface area contributed by atoms with Gasteiger partial charge in [-0.3, -0.25) is 9.59 Å². The molecule has 4 rings (SSSR count). The molecule has 3 aliphatic rings. The van der Waals surface area contributed by atoms with Crippen LogP contribution in [0, 0.1) is 5.92 Å². The summed E-state index contributed by atoms with van der Waals surface area (Å²) < 4.78 is 5.57. The first-order valence-electron chi connectivity index (χ1n) is 8.25. The SMILES string of the molecule is O=C1CC(C(=O)NC2Cc3ccccc3C2)C2(CCCC2)O1. The lowest BCUT2D eigenvalue weighted by atomic mass is 9.85. The number of nitrogens with one attached hydrogen (secondary N) is 1. The van der Waals surface area contributed by atoms with Gasteiger partial charge in [-0.15, -0.1) is 0 Å². The molecule has 2 fully saturated rings. The van der Waals surface area contributed by atoms with Crippen LogP contribution in [0.4, 0.5) is 0 Å². The van der Waals surface area contributed by atoms with Crippen molar-refractivity contribution in [2.45, 2.75) is 56.6 Å². The average Bonchev–Trinajstić information content (AvgIpc) is 3.18. The summed E-state index contributed by atoms with van der Waals surface area (Å²) in [5.74, 6) is -0.506. The van der Waals surface area contributed by atoms with Crippen LogP contribution >= 0.6 is 0 Å². The molecular formula is C18H21NO3. The maximum Gasteiger partial charge on any atom is 0.307 e. The molecule has 1 unspecified atom stereocenters. The highest BCUT2D eigenvalue weighted by molar-refractivity contribution is 5.88. The highest BCUT2D eigenvalue weighted by Crippen LogP contribution is 2.45. The molecule has 1 aromatic carbocycles. The Kier molecular flexibility index (Phi) is 3.21. The number of benzene rings is 1. The van der Waals surface area contributed by atoms with Crippen LogP contribution in [0.3, 0.4) is 0 Å². The number of hydrogen-bond acceptors (Lipinski definition) is 3. The number of rotatable bonds is 2. The van der Waals surface area contributed by atoms with Crippen LogP contribution in [0.5, 0.6) is 0 Å². The highest BCUT2D eigenvalue weighted by atomic mass is 16.6. The summed E-state index contributed by atoms with van der Waals surface area (Å²) in [5, 5.41) is 3.17. The molecule has 1 amide bonds. The molecular weight excluding hydrogens is 278 g/mol. The van der Waals surface area contributed by atoms with Gasteiger partial charge in [-0.1, -0.05) is 24.3 Å². The number of fused-ring (bicyclic) bond motifs is 1. The molecule has 1 saturated carbocycles. The van der Waals surface area contributed by atoms with Crippen molar-refractivity contribution in [3.05, 3.63) is 35.4 Å². The zero-order chi connectivity index (χ0) is 15.2. The molecule has 0 bridgehead atoms. The Labute approximate surface area is 130 Å². The molecule has 2 aliphatic carbocycles. The van der Waals surface area contributed by atoms with Crippen LogP contribution in [-0.2, 0) is 27.2 Å². The summed E-state index contributed by atoms with van der Waals surface area (Å²) in [5.41, 5.74) is 2.14. The molecule has 1 heterocycles. The van der Waals surface area contributed by atoms with E-state index in [0.29, 0.717) is 0 Å². The Bertz CT molecular complexity index is 594. The van der Waals surface area contributed by atoms with Crippen molar-refractivity contribution in [2.24, 2.45) is 5.92 Å². The largest absolute Gasteiger partial charge is 0.458 e. The van der Waals surface area contributed by atoms with Gasteiger partial charge in [0.15, 0.2) is 0 Å². The van der Waals surface area contributed by atoms with Crippen molar-refractivity contribution in [2.75, 3.05) is 0 Å². The second kappa shape index (κ2) is 5.11. The van der Waals surface area contributed by atoms with Crippen molar-refractivity contribution < 1.29 is 14.3 Å². The lowest BCUT2D eigenvalue weighted by Gasteiger charge is -2.28. The van der Waals surface area contributed by atoms with Crippen molar-refractivity contribution >= 4 is 11.9 Å².